The summed E-state index contributed by atoms with van der Waals surface area (Å²) in [4.78, 5) is 4.06. The van der Waals surface area contributed by atoms with Crippen molar-refractivity contribution in [2.45, 2.75) is 31.7 Å². The number of aromatic nitrogens is 1. The molecule has 0 saturated heterocycles. The van der Waals surface area contributed by atoms with Gasteiger partial charge >= 0.3 is 0 Å². The Balaban J connectivity index is 1.65. The van der Waals surface area contributed by atoms with E-state index < -0.39 is 0 Å². The van der Waals surface area contributed by atoms with Crippen molar-refractivity contribution in [3.05, 3.63) is 36.0 Å². The molecule has 0 amide bonds. The Morgan fingerprint density at radius 2 is 2.31 bits per heavy atom. The largest absolute Gasteiger partial charge is 0.383 e. The topological polar surface area (TPSA) is 50.9 Å². The zero-order valence-corrected chi connectivity index (χ0v) is 9.52. The van der Waals surface area contributed by atoms with E-state index in [0.29, 0.717) is 5.82 Å². The first-order valence-corrected chi connectivity index (χ1v) is 5.94. The lowest BCUT2D eigenvalue weighted by atomic mass is 10.2. The molecule has 1 aliphatic rings. The second-order valence-corrected chi connectivity index (χ2v) is 4.24. The molecule has 0 aromatic carbocycles. The van der Waals surface area contributed by atoms with Gasteiger partial charge in [0.2, 0.25) is 0 Å². The molecule has 1 aromatic heterocycles. The van der Waals surface area contributed by atoms with Crippen LogP contribution in [0.5, 0.6) is 0 Å². The Morgan fingerprint density at radius 1 is 1.44 bits per heavy atom. The van der Waals surface area contributed by atoms with Gasteiger partial charge in [-0.15, -0.1) is 0 Å². The van der Waals surface area contributed by atoms with Crippen molar-refractivity contribution in [1.29, 1.82) is 0 Å². The highest BCUT2D eigenvalue weighted by Crippen LogP contribution is 2.18. The highest BCUT2D eigenvalue weighted by molar-refractivity contribution is 5.39. The van der Waals surface area contributed by atoms with Gasteiger partial charge in [-0.1, -0.05) is 18.2 Å². The Morgan fingerprint density at radius 3 is 3.06 bits per heavy atom. The molecule has 1 aromatic rings. The highest BCUT2D eigenvalue weighted by Gasteiger charge is 2.19. The molecular formula is C13H19N3. The third-order valence-electron chi connectivity index (χ3n) is 2.75. The number of rotatable bonds is 6. The Kier molecular flexibility index (Phi) is 3.94. The molecule has 0 unspecified atom stereocenters. The first-order chi connectivity index (χ1) is 7.86. The number of allylic oxidation sites excluding steroid dienone is 1. The zero-order chi connectivity index (χ0) is 11.2. The summed E-state index contributed by atoms with van der Waals surface area (Å²) in [6.45, 7) is 1.09. The van der Waals surface area contributed by atoms with Crippen LogP contribution in [-0.2, 0) is 6.42 Å². The number of hydrogen-bond acceptors (Lipinski definition) is 3. The van der Waals surface area contributed by atoms with Crippen molar-refractivity contribution >= 4 is 5.82 Å². The Bertz CT molecular complexity index is 356. The van der Waals surface area contributed by atoms with E-state index in [0.717, 1.165) is 31.0 Å². The van der Waals surface area contributed by atoms with E-state index in [4.69, 9.17) is 5.73 Å². The average Bonchev–Trinajstić information content (AvgIpc) is 3.09. The third-order valence-corrected chi connectivity index (χ3v) is 2.75. The van der Waals surface area contributed by atoms with Gasteiger partial charge in [0.15, 0.2) is 0 Å². The van der Waals surface area contributed by atoms with Gasteiger partial charge in [0.1, 0.15) is 5.82 Å². The summed E-state index contributed by atoms with van der Waals surface area (Å²) in [6, 6.07) is 4.76. The lowest BCUT2D eigenvalue weighted by molar-refractivity contribution is 0.690. The summed E-state index contributed by atoms with van der Waals surface area (Å²) in [7, 11) is 0. The van der Waals surface area contributed by atoms with Crippen LogP contribution < -0.4 is 11.1 Å². The van der Waals surface area contributed by atoms with Crippen LogP contribution in [0.15, 0.2) is 30.5 Å². The summed E-state index contributed by atoms with van der Waals surface area (Å²) < 4.78 is 0. The fourth-order valence-corrected chi connectivity index (χ4v) is 1.61. The van der Waals surface area contributed by atoms with Crippen LogP contribution in [0.4, 0.5) is 5.82 Å². The number of nitrogens with zero attached hydrogens (tertiary/aromatic N) is 1. The van der Waals surface area contributed by atoms with Gasteiger partial charge in [0, 0.05) is 12.2 Å². The van der Waals surface area contributed by atoms with Gasteiger partial charge < -0.3 is 11.1 Å². The smallest absolute Gasteiger partial charge is 0.126 e. The molecule has 0 atom stereocenters. The summed E-state index contributed by atoms with van der Waals surface area (Å²) >= 11 is 0. The van der Waals surface area contributed by atoms with Crippen molar-refractivity contribution in [3.63, 3.8) is 0 Å². The van der Waals surface area contributed by atoms with Gasteiger partial charge in [-0.25, -0.2) is 4.98 Å². The molecule has 0 spiro atoms. The number of anilines is 1. The van der Waals surface area contributed by atoms with E-state index in [1.807, 2.05) is 12.1 Å². The lowest BCUT2D eigenvalue weighted by Gasteiger charge is -2.00. The molecule has 1 heterocycles. The van der Waals surface area contributed by atoms with Crippen LogP contribution in [0.3, 0.4) is 0 Å². The first kappa shape index (κ1) is 11.1. The van der Waals surface area contributed by atoms with Crippen LogP contribution in [0.2, 0.25) is 0 Å². The molecule has 1 fully saturated rings. The molecule has 16 heavy (non-hydrogen) atoms. The normalized spacial score (nSPS) is 15.8. The number of nitrogens with two attached hydrogens (primary N) is 1. The maximum absolute atomic E-state index is 5.75. The molecule has 3 nitrogen and oxygen atoms in total. The monoisotopic (exact) mass is 217 g/mol. The van der Waals surface area contributed by atoms with Crippen LogP contribution in [-0.4, -0.2) is 17.6 Å². The summed E-state index contributed by atoms with van der Waals surface area (Å²) in [6.07, 6.45) is 10.8. The molecule has 2 rings (SSSR count). The fourth-order valence-electron chi connectivity index (χ4n) is 1.61. The molecule has 0 bridgehead atoms. The number of nitrogen functional groups attached to an aromatic ring is 1. The summed E-state index contributed by atoms with van der Waals surface area (Å²) in [5.41, 5.74) is 6.86. The van der Waals surface area contributed by atoms with Crippen LogP contribution in [0.25, 0.3) is 0 Å². The van der Waals surface area contributed by atoms with Gasteiger partial charge in [0.25, 0.3) is 0 Å². The number of nitrogens with one attached hydrogen (secondary N) is 1. The molecular weight excluding hydrogens is 198 g/mol. The van der Waals surface area contributed by atoms with E-state index in [1.165, 1.54) is 12.8 Å². The predicted molar refractivity (Wildman–Crippen MR) is 67.1 cm³/mol. The van der Waals surface area contributed by atoms with Crippen molar-refractivity contribution in [3.8, 4) is 0 Å². The van der Waals surface area contributed by atoms with Gasteiger partial charge in [-0.3, -0.25) is 0 Å². The summed E-state index contributed by atoms with van der Waals surface area (Å²) in [5, 5.41) is 3.48. The highest BCUT2D eigenvalue weighted by atomic mass is 14.9. The second-order valence-electron chi connectivity index (χ2n) is 4.24. The minimum absolute atomic E-state index is 0.642. The van der Waals surface area contributed by atoms with E-state index in [2.05, 4.69) is 22.5 Å². The Labute approximate surface area is 96.8 Å². The molecule has 0 radical (unpaired) electrons. The standard InChI is InChI=1S/C13H19N3/c14-13-11(6-4-10-16-13)5-2-1-3-9-15-12-7-8-12/h1-2,4,6,10,12,15H,3,5,7-9H2,(H2,14,16). The zero-order valence-electron chi connectivity index (χ0n) is 9.52. The molecule has 86 valence electrons. The summed E-state index contributed by atoms with van der Waals surface area (Å²) in [5.74, 6) is 0.642. The van der Waals surface area contributed by atoms with E-state index in [-0.39, 0.29) is 0 Å². The maximum Gasteiger partial charge on any atom is 0.126 e. The van der Waals surface area contributed by atoms with E-state index >= 15 is 0 Å². The van der Waals surface area contributed by atoms with Crippen molar-refractivity contribution < 1.29 is 0 Å². The van der Waals surface area contributed by atoms with Crippen LogP contribution >= 0.6 is 0 Å². The quantitative estimate of drug-likeness (QED) is 0.565. The van der Waals surface area contributed by atoms with E-state index in [1.54, 1.807) is 6.20 Å². The minimum Gasteiger partial charge on any atom is -0.383 e. The van der Waals surface area contributed by atoms with E-state index in [9.17, 15) is 0 Å². The second kappa shape index (κ2) is 5.66. The Hall–Kier alpha value is -1.35. The van der Waals surface area contributed by atoms with Gasteiger partial charge in [0.05, 0.1) is 0 Å². The third kappa shape index (κ3) is 3.66. The van der Waals surface area contributed by atoms with Gasteiger partial charge in [-0.2, -0.15) is 0 Å². The molecule has 1 aliphatic carbocycles. The van der Waals surface area contributed by atoms with Crippen molar-refractivity contribution in [2.75, 3.05) is 12.3 Å². The van der Waals surface area contributed by atoms with Crippen molar-refractivity contribution in [1.82, 2.24) is 10.3 Å². The number of hydrogen-bond donors (Lipinski definition) is 2. The molecule has 1 saturated carbocycles. The van der Waals surface area contributed by atoms with Crippen LogP contribution in [0.1, 0.15) is 24.8 Å². The predicted octanol–water partition coefficient (Wildman–Crippen LogP) is 1.90. The lowest BCUT2D eigenvalue weighted by Crippen LogP contribution is -2.16. The van der Waals surface area contributed by atoms with Gasteiger partial charge in [-0.05, 0) is 43.9 Å². The minimum atomic E-state index is 0.642. The maximum atomic E-state index is 5.75. The fraction of sp³-hybridized carbons (Fsp3) is 0.462. The number of pyridine rings is 1. The van der Waals surface area contributed by atoms with Crippen molar-refractivity contribution in [2.24, 2.45) is 0 Å². The van der Waals surface area contributed by atoms with Crippen LogP contribution in [0, 0.1) is 0 Å². The molecule has 3 N–H and O–H groups in total. The first-order valence-electron chi connectivity index (χ1n) is 5.94. The average molecular weight is 217 g/mol. The molecule has 3 heteroatoms. The molecule has 0 aliphatic heterocycles. The SMILES string of the molecule is Nc1ncccc1CC=CCCNC1CC1.